The molecule has 0 spiro atoms. The standard InChI is InChI=1S/C18H14Cl2F2N2/c1-4-14-9-18(11(2)7-13(19)8-12(3)21)24(23-14)15-5-6-17(22)16(20)10-15/h4-10H,1,3H2,2H3. The molecule has 0 aliphatic heterocycles. The summed E-state index contributed by atoms with van der Waals surface area (Å²) in [6.07, 6.45) is 4.27. The van der Waals surface area contributed by atoms with Crippen LogP contribution >= 0.6 is 23.2 Å². The Hall–Kier alpha value is -2.17. The number of halogens is 4. The molecule has 1 heterocycles. The van der Waals surface area contributed by atoms with Crippen LogP contribution in [0.2, 0.25) is 5.02 Å². The maximum atomic E-state index is 13.4. The summed E-state index contributed by atoms with van der Waals surface area (Å²) in [5, 5.41) is 4.56. The zero-order valence-corrected chi connectivity index (χ0v) is 14.4. The Morgan fingerprint density at radius 2 is 2.00 bits per heavy atom. The van der Waals surface area contributed by atoms with Gasteiger partial charge in [0.05, 0.1) is 22.1 Å². The second-order valence-electron chi connectivity index (χ2n) is 4.97. The van der Waals surface area contributed by atoms with Crippen LogP contribution in [0.3, 0.4) is 0 Å². The van der Waals surface area contributed by atoms with Crippen LogP contribution in [0.4, 0.5) is 8.78 Å². The molecule has 1 aromatic carbocycles. The lowest BCUT2D eigenvalue weighted by molar-refractivity contribution is 0.627. The van der Waals surface area contributed by atoms with E-state index in [4.69, 9.17) is 23.2 Å². The molecule has 124 valence electrons. The summed E-state index contributed by atoms with van der Waals surface area (Å²) in [5.74, 6) is -1.16. The van der Waals surface area contributed by atoms with Crippen LogP contribution in [0.25, 0.3) is 17.3 Å². The molecule has 0 N–H and O–H groups in total. The molecule has 0 amide bonds. The number of nitrogens with zero attached hydrogens (tertiary/aromatic N) is 2. The van der Waals surface area contributed by atoms with Crippen molar-refractivity contribution >= 4 is 34.9 Å². The van der Waals surface area contributed by atoms with E-state index >= 15 is 0 Å². The van der Waals surface area contributed by atoms with Gasteiger partial charge in [-0.3, -0.25) is 0 Å². The highest BCUT2D eigenvalue weighted by atomic mass is 35.5. The number of allylic oxidation sites excluding steroid dienone is 5. The molecule has 0 bridgehead atoms. The van der Waals surface area contributed by atoms with Crippen molar-refractivity contribution in [2.75, 3.05) is 0 Å². The fourth-order valence-corrected chi connectivity index (χ4v) is 2.52. The molecule has 2 aromatic rings. The molecule has 2 nitrogen and oxygen atoms in total. The van der Waals surface area contributed by atoms with Gasteiger partial charge in [-0.1, -0.05) is 36.4 Å². The smallest absolute Gasteiger partial charge is 0.141 e. The molecule has 0 saturated carbocycles. The lowest BCUT2D eigenvalue weighted by atomic mass is 10.1. The molecule has 1 aromatic heterocycles. The second-order valence-corrected chi connectivity index (χ2v) is 5.82. The summed E-state index contributed by atoms with van der Waals surface area (Å²) in [4.78, 5) is 0. The van der Waals surface area contributed by atoms with Crippen LogP contribution in [0.15, 0.2) is 60.4 Å². The Labute approximate surface area is 149 Å². The maximum absolute atomic E-state index is 13.4. The van der Waals surface area contributed by atoms with E-state index in [2.05, 4.69) is 18.3 Å². The lowest BCUT2D eigenvalue weighted by Gasteiger charge is -2.08. The van der Waals surface area contributed by atoms with E-state index in [0.717, 1.165) is 11.6 Å². The van der Waals surface area contributed by atoms with Gasteiger partial charge in [-0.2, -0.15) is 5.10 Å². The van der Waals surface area contributed by atoms with Crippen LogP contribution in [-0.4, -0.2) is 9.78 Å². The van der Waals surface area contributed by atoms with E-state index in [9.17, 15) is 8.78 Å². The van der Waals surface area contributed by atoms with Crippen molar-refractivity contribution in [1.82, 2.24) is 9.78 Å². The van der Waals surface area contributed by atoms with Crippen LogP contribution in [0.1, 0.15) is 18.3 Å². The molecule has 0 saturated heterocycles. The number of hydrogen-bond donors (Lipinski definition) is 0. The van der Waals surface area contributed by atoms with Crippen molar-refractivity contribution in [3.05, 3.63) is 82.7 Å². The molecule has 0 fully saturated rings. The number of hydrogen-bond acceptors (Lipinski definition) is 1. The van der Waals surface area contributed by atoms with Gasteiger partial charge in [0.15, 0.2) is 0 Å². The SMILES string of the molecule is C=Cc1cc(C(C)=CC(Cl)=CC(=C)F)n(-c2ccc(F)c(Cl)c2)n1. The predicted molar refractivity (Wildman–Crippen MR) is 96.5 cm³/mol. The first kappa shape index (κ1) is 18.2. The minimum atomic E-state index is -0.644. The van der Waals surface area contributed by atoms with E-state index in [1.807, 2.05) is 0 Å². The Balaban J connectivity index is 2.56. The molecule has 6 heteroatoms. The molecule has 0 atom stereocenters. The first-order valence-electron chi connectivity index (χ1n) is 6.90. The zero-order valence-electron chi connectivity index (χ0n) is 12.9. The van der Waals surface area contributed by atoms with Gasteiger partial charge in [0.25, 0.3) is 0 Å². The third-order valence-corrected chi connectivity index (χ3v) is 3.65. The minimum Gasteiger partial charge on any atom is -0.233 e. The number of benzene rings is 1. The van der Waals surface area contributed by atoms with Crippen molar-refractivity contribution in [2.45, 2.75) is 6.92 Å². The van der Waals surface area contributed by atoms with Gasteiger partial charge in [-0.15, -0.1) is 0 Å². The lowest BCUT2D eigenvalue weighted by Crippen LogP contribution is -2.01. The fourth-order valence-electron chi connectivity index (χ4n) is 2.07. The molecule has 0 unspecified atom stereocenters. The van der Waals surface area contributed by atoms with Crippen LogP contribution in [-0.2, 0) is 0 Å². The summed E-state index contributed by atoms with van der Waals surface area (Å²) in [6.45, 7) is 8.62. The highest BCUT2D eigenvalue weighted by molar-refractivity contribution is 6.32. The molecule has 24 heavy (non-hydrogen) atoms. The molecule has 0 aliphatic rings. The summed E-state index contributed by atoms with van der Waals surface area (Å²) in [5.41, 5.74) is 2.60. The van der Waals surface area contributed by atoms with Gasteiger partial charge < -0.3 is 0 Å². The maximum Gasteiger partial charge on any atom is 0.141 e. The van der Waals surface area contributed by atoms with Gasteiger partial charge in [-0.05, 0) is 55.0 Å². The molecule has 0 radical (unpaired) electrons. The highest BCUT2D eigenvalue weighted by Gasteiger charge is 2.12. The van der Waals surface area contributed by atoms with E-state index in [-0.39, 0.29) is 10.1 Å². The van der Waals surface area contributed by atoms with E-state index in [0.29, 0.717) is 17.1 Å². The normalized spacial score (nSPS) is 12.4. The van der Waals surface area contributed by atoms with Crippen molar-refractivity contribution < 1.29 is 8.78 Å². The van der Waals surface area contributed by atoms with Crippen molar-refractivity contribution in [1.29, 1.82) is 0 Å². The summed E-state index contributed by atoms with van der Waals surface area (Å²) in [6, 6.07) is 6.06. The van der Waals surface area contributed by atoms with Gasteiger partial charge in [0.1, 0.15) is 11.6 Å². The predicted octanol–water partition coefficient (Wildman–Crippen LogP) is 6.32. The largest absolute Gasteiger partial charge is 0.233 e. The van der Waals surface area contributed by atoms with E-state index in [1.165, 1.54) is 12.1 Å². The summed E-state index contributed by atoms with van der Waals surface area (Å²) in [7, 11) is 0. The van der Waals surface area contributed by atoms with Crippen molar-refractivity contribution in [2.24, 2.45) is 0 Å². The minimum absolute atomic E-state index is 0.0117. The Morgan fingerprint density at radius 1 is 1.29 bits per heavy atom. The summed E-state index contributed by atoms with van der Waals surface area (Å²) >= 11 is 11.8. The van der Waals surface area contributed by atoms with E-state index < -0.39 is 11.6 Å². The van der Waals surface area contributed by atoms with Crippen molar-refractivity contribution in [3.63, 3.8) is 0 Å². The van der Waals surface area contributed by atoms with Gasteiger partial charge in [0.2, 0.25) is 0 Å². The zero-order chi connectivity index (χ0) is 17.9. The first-order valence-corrected chi connectivity index (χ1v) is 7.65. The van der Waals surface area contributed by atoms with Crippen LogP contribution in [0.5, 0.6) is 0 Å². The molecular weight excluding hydrogens is 353 g/mol. The van der Waals surface area contributed by atoms with Crippen LogP contribution in [0, 0.1) is 5.82 Å². The van der Waals surface area contributed by atoms with Gasteiger partial charge in [0, 0.05) is 5.03 Å². The highest BCUT2D eigenvalue weighted by Crippen LogP contribution is 2.25. The Bertz CT molecular complexity index is 864. The van der Waals surface area contributed by atoms with Gasteiger partial charge in [-0.25, -0.2) is 13.5 Å². The van der Waals surface area contributed by atoms with E-state index in [1.54, 1.807) is 35.9 Å². The molecular formula is C18H14Cl2F2N2. The third-order valence-electron chi connectivity index (χ3n) is 3.14. The third kappa shape index (κ3) is 4.22. The fraction of sp³-hybridized carbons (Fsp3) is 0.0556. The first-order chi connectivity index (χ1) is 11.3. The van der Waals surface area contributed by atoms with Crippen LogP contribution < -0.4 is 0 Å². The second kappa shape index (κ2) is 7.60. The number of rotatable bonds is 5. The summed E-state index contributed by atoms with van der Waals surface area (Å²) < 4.78 is 27.8. The average Bonchev–Trinajstić information content (AvgIpc) is 2.93. The Morgan fingerprint density at radius 3 is 2.58 bits per heavy atom. The average molecular weight is 367 g/mol. The quantitative estimate of drug-likeness (QED) is 0.566. The topological polar surface area (TPSA) is 17.8 Å². The molecule has 0 aliphatic carbocycles. The van der Waals surface area contributed by atoms with Gasteiger partial charge >= 0.3 is 0 Å². The monoisotopic (exact) mass is 366 g/mol. The van der Waals surface area contributed by atoms with Crippen molar-refractivity contribution in [3.8, 4) is 5.69 Å². The Kier molecular flexibility index (Phi) is 5.75. The number of aromatic nitrogens is 2. The molecule has 2 rings (SSSR count).